The van der Waals surface area contributed by atoms with E-state index in [9.17, 15) is 9.59 Å². The van der Waals surface area contributed by atoms with Gasteiger partial charge in [0, 0.05) is 20.7 Å². The summed E-state index contributed by atoms with van der Waals surface area (Å²) in [4.78, 5) is 28.4. The second-order valence-electron chi connectivity index (χ2n) is 5.03. The Labute approximate surface area is 139 Å². The SMILES string of the molecule is COCCN(Cc1ccco1)C(=O)CN(C)C(=O)c1cccs1. The van der Waals surface area contributed by atoms with Crippen molar-refractivity contribution >= 4 is 23.2 Å². The van der Waals surface area contributed by atoms with Gasteiger partial charge in [-0.1, -0.05) is 6.07 Å². The van der Waals surface area contributed by atoms with Crippen LogP contribution < -0.4 is 0 Å². The lowest BCUT2D eigenvalue weighted by atomic mass is 10.3. The second-order valence-corrected chi connectivity index (χ2v) is 5.97. The van der Waals surface area contributed by atoms with Crippen LogP contribution in [0.3, 0.4) is 0 Å². The summed E-state index contributed by atoms with van der Waals surface area (Å²) in [6.07, 6.45) is 1.57. The van der Waals surface area contributed by atoms with Crippen molar-refractivity contribution in [3.63, 3.8) is 0 Å². The molecular formula is C16H20N2O4S. The molecule has 0 saturated heterocycles. The van der Waals surface area contributed by atoms with Crippen LogP contribution in [0.4, 0.5) is 0 Å². The number of methoxy groups -OCH3 is 1. The Morgan fingerprint density at radius 1 is 1.30 bits per heavy atom. The first-order chi connectivity index (χ1) is 11.1. The van der Waals surface area contributed by atoms with E-state index < -0.39 is 0 Å². The van der Waals surface area contributed by atoms with Crippen LogP contribution in [0, 0.1) is 0 Å². The van der Waals surface area contributed by atoms with Gasteiger partial charge in [0.2, 0.25) is 5.91 Å². The summed E-state index contributed by atoms with van der Waals surface area (Å²) in [6.45, 7) is 1.24. The van der Waals surface area contributed by atoms with Crippen LogP contribution in [0.25, 0.3) is 0 Å². The molecule has 124 valence electrons. The zero-order valence-corrected chi connectivity index (χ0v) is 14.0. The molecule has 0 radical (unpaired) electrons. The predicted octanol–water partition coefficient (Wildman–Crippen LogP) is 2.09. The molecule has 2 rings (SSSR count). The van der Waals surface area contributed by atoms with Gasteiger partial charge in [0.25, 0.3) is 5.91 Å². The van der Waals surface area contributed by atoms with Crippen LogP contribution in [0.5, 0.6) is 0 Å². The van der Waals surface area contributed by atoms with E-state index in [0.717, 1.165) is 0 Å². The van der Waals surface area contributed by atoms with Gasteiger partial charge in [0.15, 0.2) is 0 Å². The standard InChI is InChI=1S/C16H20N2O4S/c1-17(16(20)14-6-4-10-23-14)12-15(19)18(7-9-21-2)11-13-5-3-8-22-13/h3-6,8,10H,7,9,11-12H2,1-2H3. The molecule has 0 aliphatic heterocycles. The molecule has 0 aliphatic carbocycles. The normalized spacial score (nSPS) is 10.5. The van der Waals surface area contributed by atoms with Crippen LogP contribution in [-0.4, -0.2) is 55.5 Å². The van der Waals surface area contributed by atoms with Crippen molar-refractivity contribution in [1.82, 2.24) is 9.80 Å². The van der Waals surface area contributed by atoms with E-state index >= 15 is 0 Å². The van der Waals surface area contributed by atoms with Gasteiger partial charge in [-0.2, -0.15) is 0 Å². The van der Waals surface area contributed by atoms with E-state index in [2.05, 4.69) is 0 Å². The molecule has 7 heteroatoms. The van der Waals surface area contributed by atoms with Gasteiger partial charge in [-0.25, -0.2) is 0 Å². The highest BCUT2D eigenvalue weighted by Gasteiger charge is 2.20. The number of ether oxygens (including phenoxy) is 1. The van der Waals surface area contributed by atoms with Crippen molar-refractivity contribution in [2.24, 2.45) is 0 Å². The largest absolute Gasteiger partial charge is 0.467 e. The minimum atomic E-state index is -0.155. The lowest BCUT2D eigenvalue weighted by molar-refractivity contribution is -0.133. The molecule has 0 unspecified atom stereocenters. The molecule has 0 fully saturated rings. The number of amides is 2. The molecule has 2 aromatic rings. The average Bonchev–Trinajstić information content (AvgIpc) is 3.23. The highest BCUT2D eigenvalue weighted by atomic mass is 32.1. The third-order valence-corrected chi connectivity index (χ3v) is 4.15. The number of carbonyl (C=O) groups is 2. The highest BCUT2D eigenvalue weighted by Crippen LogP contribution is 2.12. The average molecular weight is 336 g/mol. The smallest absolute Gasteiger partial charge is 0.264 e. The maximum absolute atomic E-state index is 12.5. The van der Waals surface area contributed by atoms with E-state index in [0.29, 0.717) is 30.3 Å². The minimum Gasteiger partial charge on any atom is -0.467 e. The summed E-state index contributed by atoms with van der Waals surface area (Å²) < 4.78 is 10.3. The van der Waals surface area contributed by atoms with E-state index in [4.69, 9.17) is 9.15 Å². The quantitative estimate of drug-likeness (QED) is 0.740. The molecule has 2 heterocycles. The second kappa shape index (κ2) is 8.50. The van der Waals surface area contributed by atoms with Crippen LogP contribution in [-0.2, 0) is 16.1 Å². The third-order valence-electron chi connectivity index (χ3n) is 3.30. The maximum atomic E-state index is 12.5. The number of thiophene rings is 1. The Morgan fingerprint density at radius 2 is 2.13 bits per heavy atom. The summed E-state index contributed by atoms with van der Waals surface area (Å²) in [5.41, 5.74) is 0. The number of nitrogens with zero attached hydrogens (tertiary/aromatic N) is 2. The van der Waals surface area contributed by atoms with Gasteiger partial charge >= 0.3 is 0 Å². The molecule has 2 amide bonds. The van der Waals surface area contributed by atoms with E-state index in [1.807, 2.05) is 17.5 Å². The molecule has 0 atom stereocenters. The molecule has 0 N–H and O–H groups in total. The summed E-state index contributed by atoms with van der Waals surface area (Å²) in [5.74, 6) is 0.394. The van der Waals surface area contributed by atoms with Crippen LogP contribution in [0.15, 0.2) is 40.3 Å². The van der Waals surface area contributed by atoms with Gasteiger partial charge in [0.1, 0.15) is 5.76 Å². The van der Waals surface area contributed by atoms with E-state index in [1.54, 1.807) is 37.5 Å². The Morgan fingerprint density at radius 3 is 2.74 bits per heavy atom. The van der Waals surface area contributed by atoms with Crippen molar-refractivity contribution in [2.45, 2.75) is 6.54 Å². The number of carbonyl (C=O) groups excluding carboxylic acids is 2. The zero-order valence-electron chi connectivity index (χ0n) is 13.2. The topological polar surface area (TPSA) is 63.0 Å². The molecular weight excluding hydrogens is 316 g/mol. The summed E-state index contributed by atoms with van der Waals surface area (Å²) in [7, 11) is 3.21. The van der Waals surface area contributed by atoms with Crippen molar-refractivity contribution in [3.8, 4) is 0 Å². The first kappa shape index (κ1) is 17.2. The molecule has 0 saturated carbocycles. The molecule has 23 heavy (non-hydrogen) atoms. The van der Waals surface area contributed by atoms with Gasteiger partial charge in [-0.05, 0) is 23.6 Å². The molecule has 0 aliphatic rings. The molecule has 2 aromatic heterocycles. The maximum Gasteiger partial charge on any atom is 0.264 e. The lowest BCUT2D eigenvalue weighted by Crippen LogP contribution is -2.42. The van der Waals surface area contributed by atoms with Crippen molar-refractivity contribution < 1.29 is 18.7 Å². The fourth-order valence-electron chi connectivity index (χ4n) is 2.05. The Balaban J connectivity index is 1.97. The Hall–Kier alpha value is -2.12. The monoisotopic (exact) mass is 336 g/mol. The Bertz CT molecular complexity index is 610. The first-order valence-corrected chi connectivity index (χ1v) is 8.08. The molecule has 0 aromatic carbocycles. The zero-order chi connectivity index (χ0) is 16.7. The lowest BCUT2D eigenvalue weighted by Gasteiger charge is -2.24. The molecule has 6 nitrogen and oxygen atoms in total. The number of hydrogen-bond donors (Lipinski definition) is 0. The number of furan rings is 1. The summed E-state index contributed by atoms with van der Waals surface area (Å²) in [5, 5.41) is 1.84. The summed E-state index contributed by atoms with van der Waals surface area (Å²) >= 11 is 1.36. The van der Waals surface area contributed by atoms with Crippen molar-refractivity contribution in [2.75, 3.05) is 33.9 Å². The van der Waals surface area contributed by atoms with Crippen LogP contribution in [0.2, 0.25) is 0 Å². The Kier molecular flexibility index (Phi) is 6.37. The van der Waals surface area contributed by atoms with Gasteiger partial charge < -0.3 is 19.0 Å². The van der Waals surface area contributed by atoms with Crippen LogP contribution in [0.1, 0.15) is 15.4 Å². The fourth-order valence-corrected chi connectivity index (χ4v) is 2.76. The third kappa shape index (κ3) is 4.94. The summed E-state index contributed by atoms with van der Waals surface area (Å²) in [6, 6.07) is 7.16. The number of likely N-dealkylation sites (N-methyl/N-ethyl adjacent to an activating group) is 1. The van der Waals surface area contributed by atoms with Gasteiger partial charge in [-0.15, -0.1) is 11.3 Å². The van der Waals surface area contributed by atoms with E-state index in [1.165, 1.54) is 16.2 Å². The number of rotatable bonds is 8. The van der Waals surface area contributed by atoms with Gasteiger partial charge in [-0.3, -0.25) is 9.59 Å². The highest BCUT2D eigenvalue weighted by molar-refractivity contribution is 7.12. The number of hydrogen-bond acceptors (Lipinski definition) is 5. The van der Waals surface area contributed by atoms with Crippen molar-refractivity contribution in [1.29, 1.82) is 0 Å². The molecule has 0 bridgehead atoms. The fraction of sp³-hybridized carbons (Fsp3) is 0.375. The minimum absolute atomic E-state index is 0.0150. The van der Waals surface area contributed by atoms with Crippen molar-refractivity contribution in [3.05, 3.63) is 46.5 Å². The predicted molar refractivity (Wildman–Crippen MR) is 87.3 cm³/mol. The van der Waals surface area contributed by atoms with Crippen LogP contribution >= 0.6 is 11.3 Å². The van der Waals surface area contributed by atoms with E-state index in [-0.39, 0.29) is 18.4 Å². The van der Waals surface area contributed by atoms with Gasteiger partial charge in [0.05, 0.1) is 30.8 Å². The molecule has 0 spiro atoms. The first-order valence-electron chi connectivity index (χ1n) is 7.20.